The van der Waals surface area contributed by atoms with E-state index in [9.17, 15) is 0 Å². The molecule has 92 valence electrons. The van der Waals surface area contributed by atoms with Gasteiger partial charge in [0, 0.05) is 18.7 Å². The lowest BCUT2D eigenvalue weighted by Gasteiger charge is -2.06. The number of aryl methyl sites for hydroxylation is 3. The van der Waals surface area contributed by atoms with Crippen molar-refractivity contribution in [1.29, 1.82) is 0 Å². The van der Waals surface area contributed by atoms with Crippen LogP contribution in [0.2, 0.25) is 5.15 Å². The molecule has 2 aromatic rings. The quantitative estimate of drug-likeness (QED) is 0.844. The number of hydrogen-bond acceptors (Lipinski definition) is 4. The maximum absolute atomic E-state index is 8.78. The van der Waals surface area contributed by atoms with Gasteiger partial charge in [-0.15, -0.1) is 10.2 Å². The normalized spacial score (nSPS) is 11.3. The first-order chi connectivity index (χ1) is 8.15. The smallest absolute Gasteiger partial charge is 0.198 e. The van der Waals surface area contributed by atoms with Crippen molar-refractivity contribution < 1.29 is 5.11 Å². The average molecular weight is 255 g/mol. The van der Waals surface area contributed by atoms with Gasteiger partial charge in [-0.25, -0.2) is 4.98 Å². The Kier molecular flexibility index (Phi) is 3.59. The number of rotatable bonds is 4. The van der Waals surface area contributed by atoms with Crippen LogP contribution in [0.25, 0.3) is 5.65 Å². The van der Waals surface area contributed by atoms with Crippen molar-refractivity contribution in [1.82, 2.24) is 19.6 Å². The van der Waals surface area contributed by atoms with E-state index in [4.69, 9.17) is 16.7 Å². The molecule has 0 radical (unpaired) electrons. The molecule has 2 heterocycles. The number of hydrogen-bond donors (Lipinski definition) is 1. The molecular formula is C11H15ClN4O. The molecule has 0 aliphatic heterocycles. The molecule has 0 aliphatic carbocycles. The Balaban J connectivity index is 2.44. The lowest BCUT2D eigenvalue weighted by Crippen LogP contribution is -2.03. The lowest BCUT2D eigenvalue weighted by molar-refractivity contribution is 0.284. The second-order valence-corrected chi connectivity index (χ2v) is 4.39. The topological polar surface area (TPSA) is 63.3 Å². The summed E-state index contributed by atoms with van der Waals surface area (Å²) in [6, 6.07) is 0. The summed E-state index contributed by atoms with van der Waals surface area (Å²) in [7, 11) is 0. The summed E-state index contributed by atoms with van der Waals surface area (Å²) in [5.41, 5.74) is 2.49. The second-order valence-electron chi connectivity index (χ2n) is 4.03. The molecule has 0 aromatic carbocycles. The number of aliphatic hydroxyl groups excluding tert-OH is 1. The lowest BCUT2D eigenvalue weighted by atomic mass is 10.2. The van der Waals surface area contributed by atoms with E-state index < -0.39 is 0 Å². The standard InChI is InChI=1S/C11H15ClN4O/c1-7-8(2)16-9(5-3-4-6-17)14-15-11(16)10(12)13-7/h17H,3-6H2,1-2H3. The van der Waals surface area contributed by atoms with Crippen LogP contribution >= 0.6 is 11.6 Å². The largest absolute Gasteiger partial charge is 0.396 e. The monoisotopic (exact) mass is 254 g/mol. The highest BCUT2D eigenvalue weighted by molar-refractivity contribution is 6.32. The van der Waals surface area contributed by atoms with E-state index in [-0.39, 0.29) is 6.61 Å². The summed E-state index contributed by atoms with van der Waals surface area (Å²) in [6.07, 6.45) is 2.43. The predicted molar refractivity (Wildman–Crippen MR) is 65.3 cm³/mol. The van der Waals surface area contributed by atoms with Gasteiger partial charge in [-0.3, -0.25) is 4.40 Å². The highest BCUT2D eigenvalue weighted by Gasteiger charge is 2.13. The number of unbranched alkanes of at least 4 members (excludes halogenated alkanes) is 1. The van der Waals surface area contributed by atoms with E-state index in [1.165, 1.54) is 0 Å². The number of fused-ring (bicyclic) bond motifs is 1. The SMILES string of the molecule is Cc1nc(Cl)c2nnc(CCCCO)n2c1C. The van der Waals surface area contributed by atoms with Crippen LogP contribution in [-0.2, 0) is 6.42 Å². The minimum Gasteiger partial charge on any atom is -0.396 e. The van der Waals surface area contributed by atoms with Crippen LogP contribution < -0.4 is 0 Å². The molecule has 0 bridgehead atoms. The van der Waals surface area contributed by atoms with Crippen molar-refractivity contribution >= 4 is 17.2 Å². The maximum Gasteiger partial charge on any atom is 0.198 e. The third-order valence-corrected chi connectivity index (χ3v) is 3.10. The van der Waals surface area contributed by atoms with E-state index in [2.05, 4.69) is 15.2 Å². The van der Waals surface area contributed by atoms with Gasteiger partial charge in [-0.05, 0) is 26.7 Å². The van der Waals surface area contributed by atoms with Crippen molar-refractivity contribution in [3.8, 4) is 0 Å². The van der Waals surface area contributed by atoms with Gasteiger partial charge in [0.05, 0.1) is 5.69 Å². The Morgan fingerprint density at radius 2 is 2.00 bits per heavy atom. The summed E-state index contributed by atoms with van der Waals surface area (Å²) in [5.74, 6) is 0.873. The van der Waals surface area contributed by atoms with E-state index in [1.54, 1.807) is 0 Å². The highest BCUT2D eigenvalue weighted by Crippen LogP contribution is 2.18. The minimum absolute atomic E-state index is 0.205. The first-order valence-corrected chi connectivity index (χ1v) is 6.00. The molecule has 2 rings (SSSR count). The van der Waals surface area contributed by atoms with Crippen molar-refractivity contribution in [3.05, 3.63) is 22.4 Å². The Morgan fingerprint density at radius 1 is 1.24 bits per heavy atom. The molecule has 0 saturated heterocycles. The molecule has 0 fully saturated rings. The van der Waals surface area contributed by atoms with Crippen molar-refractivity contribution in [2.45, 2.75) is 33.1 Å². The van der Waals surface area contributed by atoms with Gasteiger partial charge >= 0.3 is 0 Å². The average Bonchev–Trinajstić information content (AvgIpc) is 2.71. The maximum atomic E-state index is 8.78. The van der Waals surface area contributed by atoms with Crippen molar-refractivity contribution in [2.75, 3.05) is 6.61 Å². The zero-order valence-corrected chi connectivity index (χ0v) is 10.7. The number of halogens is 1. The summed E-state index contributed by atoms with van der Waals surface area (Å²) < 4.78 is 1.95. The van der Waals surface area contributed by atoms with Crippen LogP contribution in [0, 0.1) is 13.8 Å². The Hall–Kier alpha value is -1.20. The van der Waals surface area contributed by atoms with Gasteiger partial charge in [0.1, 0.15) is 5.82 Å². The van der Waals surface area contributed by atoms with Gasteiger partial charge < -0.3 is 5.11 Å². The van der Waals surface area contributed by atoms with Gasteiger partial charge in [0.15, 0.2) is 10.8 Å². The molecule has 0 amide bonds. The van der Waals surface area contributed by atoms with E-state index in [0.717, 1.165) is 36.5 Å². The van der Waals surface area contributed by atoms with E-state index in [0.29, 0.717) is 10.8 Å². The summed E-state index contributed by atoms with van der Waals surface area (Å²) in [6.45, 7) is 4.10. The molecule has 6 heteroatoms. The van der Waals surface area contributed by atoms with E-state index >= 15 is 0 Å². The van der Waals surface area contributed by atoms with Gasteiger partial charge in [0.2, 0.25) is 0 Å². The molecule has 5 nitrogen and oxygen atoms in total. The fraction of sp³-hybridized carbons (Fsp3) is 0.545. The molecular weight excluding hydrogens is 240 g/mol. The molecule has 0 spiro atoms. The number of aromatic nitrogens is 4. The molecule has 0 unspecified atom stereocenters. The minimum atomic E-state index is 0.205. The fourth-order valence-corrected chi connectivity index (χ4v) is 2.05. The van der Waals surface area contributed by atoms with Crippen molar-refractivity contribution in [3.63, 3.8) is 0 Å². The number of aliphatic hydroxyl groups is 1. The highest BCUT2D eigenvalue weighted by atomic mass is 35.5. The Labute approximate surface area is 104 Å². The summed E-state index contributed by atoms with van der Waals surface area (Å²) >= 11 is 6.03. The third-order valence-electron chi connectivity index (χ3n) is 2.85. The van der Waals surface area contributed by atoms with Gasteiger partial charge in [0.25, 0.3) is 0 Å². The summed E-state index contributed by atoms with van der Waals surface area (Å²) in [4.78, 5) is 4.21. The zero-order valence-electron chi connectivity index (χ0n) is 9.94. The van der Waals surface area contributed by atoms with Crippen LogP contribution in [0.15, 0.2) is 0 Å². The molecule has 2 aromatic heterocycles. The molecule has 17 heavy (non-hydrogen) atoms. The first-order valence-electron chi connectivity index (χ1n) is 5.62. The van der Waals surface area contributed by atoms with Gasteiger partial charge in [-0.1, -0.05) is 11.6 Å². The van der Waals surface area contributed by atoms with Crippen molar-refractivity contribution in [2.24, 2.45) is 0 Å². The van der Waals surface area contributed by atoms with Crippen LogP contribution in [0.5, 0.6) is 0 Å². The Bertz CT molecular complexity index is 538. The molecule has 1 N–H and O–H groups in total. The number of nitrogens with zero attached hydrogens (tertiary/aromatic N) is 4. The predicted octanol–water partition coefficient (Wildman–Crippen LogP) is 1.71. The first kappa shape index (κ1) is 12.3. The Morgan fingerprint density at radius 3 is 2.71 bits per heavy atom. The second kappa shape index (κ2) is 4.98. The molecule has 0 atom stereocenters. The third kappa shape index (κ3) is 2.25. The molecule has 0 saturated carbocycles. The van der Waals surface area contributed by atoms with Crippen LogP contribution in [-0.4, -0.2) is 31.3 Å². The van der Waals surface area contributed by atoms with Crippen LogP contribution in [0.3, 0.4) is 0 Å². The van der Waals surface area contributed by atoms with Crippen LogP contribution in [0.4, 0.5) is 0 Å². The fourth-order valence-electron chi connectivity index (χ4n) is 1.80. The zero-order chi connectivity index (χ0) is 12.4. The van der Waals surface area contributed by atoms with Gasteiger partial charge in [-0.2, -0.15) is 0 Å². The summed E-state index contributed by atoms with van der Waals surface area (Å²) in [5, 5.41) is 17.4. The van der Waals surface area contributed by atoms with E-state index in [1.807, 2.05) is 18.2 Å². The van der Waals surface area contributed by atoms with Crippen LogP contribution in [0.1, 0.15) is 30.1 Å². The molecule has 0 aliphatic rings.